The number of benzene rings is 3. The Bertz CT molecular complexity index is 1170. The van der Waals surface area contributed by atoms with Crippen molar-refractivity contribution in [2.24, 2.45) is 0 Å². The predicted molar refractivity (Wildman–Crippen MR) is 111 cm³/mol. The molecule has 1 heterocycles. The number of aromatic nitrogens is 1. The molecule has 1 aromatic heterocycles. The topological polar surface area (TPSA) is 53.4 Å². The van der Waals surface area contributed by atoms with Crippen LogP contribution < -0.4 is 0 Å². The first-order valence-corrected chi connectivity index (χ1v) is 9.11. The van der Waals surface area contributed by atoms with Gasteiger partial charge in [-0.1, -0.05) is 54.3 Å². The lowest BCUT2D eigenvalue weighted by atomic mass is 9.99. The molecule has 0 saturated heterocycles. The number of hydrogen-bond acceptors (Lipinski definition) is 3. The Balaban J connectivity index is 1.67. The van der Waals surface area contributed by atoms with Crippen molar-refractivity contribution in [3.8, 4) is 23.3 Å². The Morgan fingerprint density at radius 1 is 0.857 bits per heavy atom. The van der Waals surface area contributed by atoms with Crippen LogP contribution in [0, 0.1) is 11.8 Å². The second kappa shape index (κ2) is 7.85. The monoisotopic (exact) mass is 365 g/mol. The van der Waals surface area contributed by atoms with E-state index in [4.69, 9.17) is 0 Å². The fourth-order valence-corrected chi connectivity index (χ4v) is 3.19. The van der Waals surface area contributed by atoms with Gasteiger partial charge in [0.1, 0.15) is 11.5 Å². The summed E-state index contributed by atoms with van der Waals surface area (Å²) in [7, 11) is 0. The maximum atomic E-state index is 10.8. The van der Waals surface area contributed by atoms with Crippen LogP contribution in [0.3, 0.4) is 0 Å². The van der Waals surface area contributed by atoms with Crippen LogP contribution in [0.1, 0.15) is 22.4 Å². The molecule has 3 heteroatoms. The van der Waals surface area contributed by atoms with Crippen LogP contribution in [0.25, 0.3) is 10.8 Å². The van der Waals surface area contributed by atoms with Crippen molar-refractivity contribution < 1.29 is 10.2 Å². The van der Waals surface area contributed by atoms with Crippen LogP contribution in [0.15, 0.2) is 79.0 Å². The maximum Gasteiger partial charge on any atom is 0.130 e. The van der Waals surface area contributed by atoms with E-state index in [-0.39, 0.29) is 11.5 Å². The van der Waals surface area contributed by atoms with Crippen molar-refractivity contribution in [1.82, 2.24) is 4.98 Å². The zero-order valence-electron chi connectivity index (χ0n) is 15.3. The first-order chi connectivity index (χ1) is 13.7. The molecule has 4 rings (SSSR count). The van der Waals surface area contributed by atoms with Crippen molar-refractivity contribution in [3.05, 3.63) is 101 Å². The van der Waals surface area contributed by atoms with Gasteiger partial charge in [0, 0.05) is 41.2 Å². The van der Waals surface area contributed by atoms with Crippen LogP contribution in [-0.4, -0.2) is 15.2 Å². The molecule has 2 N–H and O–H groups in total. The van der Waals surface area contributed by atoms with E-state index in [1.54, 1.807) is 12.3 Å². The Hall–Kier alpha value is -3.77. The second-order valence-corrected chi connectivity index (χ2v) is 6.62. The van der Waals surface area contributed by atoms with Gasteiger partial charge >= 0.3 is 0 Å². The lowest BCUT2D eigenvalue weighted by Crippen LogP contribution is -1.94. The van der Waals surface area contributed by atoms with Crippen molar-refractivity contribution in [2.75, 3.05) is 0 Å². The third-order valence-electron chi connectivity index (χ3n) is 4.65. The summed E-state index contributed by atoms with van der Waals surface area (Å²) in [5, 5.41) is 22.6. The smallest absolute Gasteiger partial charge is 0.130 e. The minimum atomic E-state index is 0.0681. The summed E-state index contributed by atoms with van der Waals surface area (Å²) in [6.07, 6.45) is 2.73. The van der Waals surface area contributed by atoms with Crippen LogP contribution in [0.4, 0.5) is 0 Å². The van der Waals surface area contributed by atoms with Crippen molar-refractivity contribution in [3.63, 3.8) is 0 Å². The van der Waals surface area contributed by atoms with E-state index in [2.05, 4.69) is 16.8 Å². The Morgan fingerprint density at radius 3 is 2.46 bits per heavy atom. The van der Waals surface area contributed by atoms with Gasteiger partial charge in [-0.25, -0.2) is 0 Å². The highest BCUT2D eigenvalue weighted by Gasteiger charge is 2.14. The fourth-order valence-electron chi connectivity index (χ4n) is 3.19. The fraction of sp³-hybridized carbons (Fsp3) is 0.0800. The summed E-state index contributed by atoms with van der Waals surface area (Å²) in [6, 6.07) is 23.0. The minimum Gasteiger partial charge on any atom is -0.507 e. The van der Waals surface area contributed by atoms with Gasteiger partial charge in [-0.3, -0.25) is 4.98 Å². The SMILES string of the molecule is Oc1cc2ccc(C#CCc3ccccc3)cc2c(O)c1Cc1ccccn1. The summed E-state index contributed by atoms with van der Waals surface area (Å²) >= 11 is 0. The van der Waals surface area contributed by atoms with Gasteiger partial charge in [0.05, 0.1) is 0 Å². The Morgan fingerprint density at radius 2 is 1.68 bits per heavy atom. The van der Waals surface area contributed by atoms with E-state index in [0.29, 0.717) is 23.8 Å². The lowest BCUT2D eigenvalue weighted by Gasteiger charge is -2.11. The standard InChI is InChI=1S/C25H19NO2/c27-24-16-20-13-12-19(10-6-9-18-7-2-1-3-8-18)15-22(20)25(28)23(24)17-21-11-4-5-14-26-21/h1-5,7-8,11-16,27-28H,9,17H2. The van der Waals surface area contributed by atoms with Gasteiger partial charge in [0.15, 0.2) is 0 Å². The molecule has 28 heavy (non-hydrogen) atoms. The number of phenols is 2. The van der Waals surface area contributed by atoms with E-state index >= 15 is 0 Å². The first kappa shape index (κ1) is 17.6. The van der Waals surface area contributed by atoms with Crippen LogP contribution in [-0.2, 0) is 12.8 Å². The molecule has 0 amide bonds. The molecule has 0 spiro atoms. The molecule has 0 unspecified atom stereocenters. The zero-order valence-corrected chi connectivity index (χ0v) is 15.3. The van der Waals surface area contributed by atoms with Crippen LogP contribution >= 0.6 is 0 Å². The quantitative estimate of drug-likeness (QED) is 0.511. The number of hydrogen-bond donors (Lipinski definition) is 2. The van der Waals surface area contributed by atoms with Crippen LogP contribution in [0.5, 0.6) is 11.5 Å². The minimum absolute atomic E-state index is 0.0681. The molecule has 136 valence electrons. The molecule has 0 aliphatic heterocycles. The van der Waals surface area contributed by atoms with Gasteiger partial charge in [-0.15, -0.1) is 0 Å². The van der Waals surface area contributed by atoms with Gasteiger partial charge in [0.2, 0.25) is 0 Å². The van der Waals surface area contributed by atoms with Crippen LogP contribution in [0.2, 0.25) is 0 Å². The number of nitrogens with zero attached hydrogens (tertiary/aromatic N) is 1. The highest BCUT2D eigenvalue weighted by molar-refractivity contribution is 5.92. The number of rotatable bonds is 3. The molecule has 4 aromatic rings. The summed E-state index contributed by atoms with van der Waals surface area (Å²) in [5.41, 5.74) is 3.25. The third kappa shape index (κ3) is 3.82. The predicted octanol–water partition coefficient (Wildman–Crippen LogP) is 4.83. The summed E-state index contributed by atoms with van der Waals surface area (Å²) in [5.74, 6) is 6.48. The molecule has 0 aliphatic rings. The molecule has 3 aromatic carbocycles. The number of fused-ring (bicyclic) bond motifs is 1. The number of phenolic OH excluding ortho intramolecular Hbond substituents is 2. The Labute approximate surface area is 163 Å². The average Bonchev–Trinajstić information content (AvgIpc) is 2.73. The normalized spacial score (nSPS) is 10.4. The molecular weight excluding hydrogens is 346 g/mol. The zero-order chi connectivity index (χ0) is 19.3. The summed E-state index contributed by atoms with van der Waals surface area (Å²) in [4.78, 5) is 4.28. The average molecular weight is 365 g/mol. The van der Waals surface area contributed by atoms with Crippen molar-refractivity contribution in [2.45, 2.75) is 12.8 Å². The molecule has 0 fully saturated rings. The van der Waals surface area contributed by atoms with Gasteiger partial charge in [-0.2, -0.15) is 0 Å². The van der Waals surface area contributed by atoms with E-state index in [9.17, 15) is 10.2 Å². The van der Waals surface area contributed by atoms with Gasteiger partial charge < -0.3 is 10.2 Å². The van der Waals surface area contributed by atoms with E-state index in [1.807, 2.05) is 66.7 Å². The number of pyridine rings is 1. The molecule has 0 radical (unpaired) electrons. The van der Waals surface area contributed by atoms with Crippen molar-refractivity contribution >= 4 is 10.8 Å². The molecule has 0 saturated carbocycles. The van der Waals surface area contributed by atoms with E-state index < -0.39 is 0 Å². The highest BCUT2D eigenvalue weighted by Crippen LogP contribution is 2.37. The first-order valence-electron chi connectivity index (χ1n) is 9.11. The Kier molecular flexibility index (Phi) is 4.95. The largest absolute Gasteiger partial charge is 0.507 e. The lowest BCUT2D eigenvalue weighted by molar-refractivity contribution is 0.445. The molecular formula is C25H19NO2. The van der Waals surface area contributed by atoms with E-state index in [0.717, 1.165) is 16.6 Å². The van der Waals surface area contributed by atoms with Gasteiger partial charge in [0.25, 0.3) is 0 Å². The second-order valence-electron chi connectivity index (χ2n) is 6.62. The highest BCUT2D eigenvalue weighted by atomic mass is 16.3. The molecule has 3 nitrogen and oxygen atoms in total. The molecule has 0 aliphatic carbocycles. The van der Waals surface area contributed by atoms with E-state index in [1.165, 1.54) is 5.56 Å². The number of aromatic hydroxyl groups is 2. The summed E-state index contributed by atoms with van der Waals surface area (Å²) < 4.78 is 0. The van der Waals surface area contributed by atoms with Gasteiger partial charge in [-0.05, 0) is 41.3 Å². The summed E-state index contributed by atoms with van der Waals surface area (Å²) in [6.45, 7) is 0. The molecule has 0 bridgehead atoms. The third-order valence-corrected chi connectivity index (χ3v) is 4.65. The molecule has 0 atom stereocenters. The van der Waals surface area contributed by atoms with Crippen molar-refractivity contribution in [1.29, 1.82) is 0 Å². The maximum absolute atomic E-state index is 10.8.